The molecule has 0 spiro atoms. The number of hydrogen-bond donors (Lipinski definition) is 1. The average Bonchev–Trinajstić information content (AvgIpc) is 2.28. The zero-order chi connectivity index (χ0) is 14.6. The third-order valence-corrected chi connectivity index (χ3v) is 5.87. The molecule has 0 aromatic rings. The van der Waals surface area contributed by atoms with Gasteiger partial charge in [0.1, 0.15) is 0 Å². The molecule has 1 atom stereocenters. The van der Waals surface area contributed by atoms with Gasteiger partial charge in [0, 0.05) is 25.7 Å². The molecule has 1 N–H and O–H groups in total. The molecule has 1 saturated heterocycles. The molecule has 19 heavy (non-hydrogen) atoms. The molecule has 1 fully saturated rings. The molecule has 0 aromatic heterocycles. The van der Waals surface area contributed by atoms with Crippen LogP contribution < -0.4 is 0 Å². The summed E-state index contributed by atoms with van der Waals surface area (Å²) < 4.78 is 27.8. The van der Waals surface area contributed by atoms with Gasteiger partial charge in [-0.1, -0.05) is 13.8 Å². The molecule has 0 aliphatic carbocycles. The van der Waals surface area contributed by atoms with Crippen molar-refractivity contribution in [1.29, 1.82) is 0 Å². The summed E-state index contributed by atoms with van der Waals surface area (Å²) in [6.07, 6.45) is 1.56. The van der Waals surface area contributed by atoms with Gasteiger partial charge in [0.25, 0.3) is 10.2 Å². The highest BCUT2D eigenvalue weighted by atomic mass is 32.2. The highest BCUT2D eigenvalue weighted by Crippen LogP contribution is 2.22. The zero-order valence-corrected chi connectivity index (χ0v) is 12.7. The topological polar surface area (TPSA) is 77.9 Å². The van der Waals surface area contributed by atoms with Gasteiger partial charge in [0.2, 0.25) is 0 Å². The van der Waals surface area contributed by atoms with Gasteiger partial charge in [-0.25, -0.2) is 0 Å². The lowest BCUT2D eigenvalue weighted by atomic mass is 10.0. The molecule has 6 nitrogen and oxygen atoms in total. The highest BCUT2D eigenvalue weighted by Gasteiger charge is 2.34. The SMILES string of the molecule is CCN(C(C)CC(=O)O)S(=O)(=O)N1CCC(C)CC1. The first-order chi connectivity index (χ1) is 8.78. The van der Waals surface area contributed by atoms with Gasteiger partial charge in [0.05, 0.1) is 6.42 Å². The molecule has 112 valence electrons. The second-order valence-corrected chi connectivity index (χ2v) is 7.12. The molecule has 1 rings (SSSR count). The fourth-order valence-electron chi connectivity index (χ4n) is 2.42. The molecule has 1 unspecified atom stereocenters. The van der Waals surface area contributed by atoms with Crippen molar-refractivity contribution in [2.75, 3.05) is 19.6 Å². The molecule has 0 bridgehead atoms. The Morgan fingerprint density at radius 2 is 1.95 bits per heavy atom. The van der Waals surface area contributed by atoms with Crippen LogP contribution in [0.5, 0.6) is 0 Å². The fraction of sp³-hybridized carbons (Fsp3) is 0.917. The summed E-state index contributed by atoms with van der Waals surface area (Å²) in [7, 11) is -3.54. The second kappa shape index (κ2) is 6.67. The van der Waals surface area contributed by atoms with Crippen LogP contribution in [0, 0.1) is 5.92 Å². The Morgan fingerprint density at radius 3 is 2.37 bits per heavy atom. The van der Waals surface area contributed by atoms with Crippen molar-refractivity contribution < 1.29 is 18.3 Å². The number of carbonyl (C=O) groups is 1. The third kappa shape index (κ3) is 4.15. The maximum absolute atomic E-state index is 12.5. The number of hydrogen-bond acceptors (Lipinski definition) is 3. The molecular formula is C12H24N2O4S. The zero-order valence-electron chi connectivity index (χ0n) is 11.9. The van der Waals surface area contributed by atoms with E-state index in [1.165, 1.54) is 8.61 Å². The maximum Gasteiger partial charge on any atom is 0.304 e. The Balaban J connectivity index is 2.80. The lowest BCUT2D eigenvalue weighted by Gasteiger charge is -2.35. The van der Waals surface area contributed by atoms with Crippen LogP contribution in [0.4, 0.5) is 0 Å². The van der Waals surface area contributed by atoms with Crippen LogP contribution in [0.2, 0.25) is 0 Å². The first kappa shape index (κ1) is 16.4. The van der Waals surface area contributed by atoms with Crippen molar-refractivity contribution in [2.45, 2.75) is 46.1 Å². The molecule has 1 aliphatic heterocycles. The van der Waals surface area contributed by atoms with Gasteiger partial charge >= 0.3 is 5.97 Å². The minimum Gasteiger partial charge on any atom is -0.481 e. The maximum atomic E-state index is 12.5. The normalized spacial score (nSPS) is 20.6. The van der Waals surface area contributed by atoms with Crippen molar-refractivity contribution in [1.82, 2.24) is 8.61 Å². The summed E-state index contributed by atoms with van der Waals surface area (Å²) in [6, 6.07) is -0.521. The quantitative estimate of drug-likeness (QED) is 0.796. The standard InChI is InChI=1S/C12H24N2O4S/c1-4-14(11(3)9-12(15)16)19(17,18)13-7-5-10(2)6-8-13/h10-11H,4-9H2,1-3H3,(H,15,16). The molecule has 0 amide bonds. The van der Waals surface area contributed by atoms with Crippen LogP contribution >= 0.6 is 0 Å². The molecule has 0 aromatic carbocycles. The summed E-state index contributed by atoms with van der Waals surface area (Å²) in [4.78, 5) is 10.7. The van der Waals surface area contributed by atoms with Gasteiger partial charge in [-0.2, -0.15) is 17.0 Å². The monoisotopic (exact) mass is 292 g/mol. The molecule has 7 heteroatoms. The van der Waals surface area contributed by atoms with E-state index in [0.29, 0.717) is 25.6 Å². The highest BCUT2D eigenvalue weighted by molar-refractivity contribution is 7.86. The lowest BCUT2D eigenvalue weighted by Crippen LogP contribution is -2.50. The Bertz CT molecular complexity index is 402. The summed E-state index contributed by atoms with van der Waals surface area (Å²) in [6.45, 7) is 6.85. The Morgan fingerprint density at radius 1 is 1.42 bits per heavy atom. The predicted molar refractivity (Wildman–Crippen MR) is 73.0 cm³/mol. The number of rotatable bonds is 6. The number of piperidine rings is 1. The van der Waals surface area contributed by atoms with E-state index in [-0.39, 0.29) is 6.42 Å². The van der Waals surface area contributed by atoms with Gasteiger partial charge in [-0.05, 0) is 25.7 Å². The van der Waals surface area contributed by atoms with Gasteiger partial charge in [-0.15, -0.1) is 0 Å². The van der Waals surface area contributed by atoms with Crippen LogP contribution in [0.25, 0.3) is 0 Å². The number of carboxylic acid groups (broad SMARTS) is 1. The summed E-state index contributed by atoms with van der Waals surface area (Å²) >= 11 is 0. The summed E-state index contributed by atoms with van der Waals surface area (Å²) in [5.74, 6) is -0.425. The molecular weight excluding hydrogens is 268 g/mol. The van der Waals surface area contributed by atoms with E-state index in [1.807, 2.05) is 0 Å². The van der Waals surface area contributed by atoms with Crippen molar-refractivity contribution >= 4 is 16.2 Å². The minimum absolute atomic E-state index is 0.169. The van der Waals surface area contributed by atoms with Crippen LogP contribution in [0.15, 0.2) is 0 Å². The first-order valence-corrected chi connectivity index (χ1v) is 8.17. The van der Waals surface area contributed by atoms with E-state index >= 15 is 0 Å². The van der Waals surface area contributed by atoms with E-state index in [9.17, 15) is 13.2 Å². The number of aliphatic carboxylic acids is 1. The lowest BCUT2D eigenvalue weighted by molar-refractivity contribution is -0.137. The van der Waals surface area contributed by atoms with Crippen LogP contribution in [0.3, 0.4) is 0 Å². The van der Waals surface area contributed by atoms with E-state index in [1.54, 1.807) is 13.8 Å². The van der Waals surface area contributed by atoms with Gasteiger partial charge in [0.15, 0.2) is 0 Å². The number of nitrogens with zero attached hydrogens (tertiary/aromatic N) is 2. The van der Waals surface area contributed by atoms with Crippen LogP contribution in [0.1, 0.15) is 40.0 Å². The van der Waals surface area contributed by atoms with Crippen molar-refractivity contribution in [3.05, 3.63) is 0 Å². The van der Waals surface area contributed by atoms with Crippen molar-refractivity contribution in [2.24, 2.45) is 5.92 Å². The molecule has 1 heterocycles. The van der Waals surface area contributed by atoms with E-state index < -0.39 is 22.2 Å². The summed E-state index contributed by atoms with van der Waals surface area (Å²) in [5, 5.41) is 8.80. The van der Waals surface area contributed by atoms with Crippen molar-refractivity contribution in [3.8, 4) is 0 Å². The summed E-state index contributed by atoms with van der Waals surface area (Å²) in [5.41, 5.74) is 0. The fourth-order valence-corrected chi connectivity index (χ4v) is 4.25. The van der Waals surface area contributed by atoms with Crippen molar-refractivity contribution in [3.63, 3.8) is 0 Å². The van der Waals surface area contributed by atoms with Gasteiger partial charge < -0.3 is 5.11 Å². The molecule has 1 aliphatic rings. The Hall–Kier alpha value is -0.660. The third-order valence-electron chi connectivity index (χ3n) is 3.64. The second-order valence-electron chi connectivity index (χ2n) is 5.24. The number of carboxylic acids is 1. The van der Waals surface area contributed by atoms with E-state index in [2.05, 4.69) is 6.92 Å². The minimum atomic E-state index is -3.54. The van der Waals surface area contributed by atoms with E-state index in [4.69, 9.17) is 5.11 Å². The predicted octanol–water partition coefficient (Wildman–Crippen LogP) is 1.15. The Kier molecular flexibility index (Phi) is 5.76. The van der Waals surface area contributed by atoms with Gasteiger partial charge in [-0.3, -0.25) is 4.79 Å². The largest absolute Gasteiger partial charge is 0.481 e. The van der Waals surface area contributed by atoms with Crippen LogP contribution in [-0.2, 0) is 15.0 Å². The van der Waals surface area contributed by atoms with Crippen LogP contribution in [-0.4, -0.2) is 53.8 Å². The molecule has 0 radical (unpaired) electrons. The first-order valence-electron chi connectivity index (χ1n) is 6.77. The molecule has 0 saturated carbocycles. The smallest absolute Gasteiger partial charge is 0.304 e. The average molecular weight is 292 g/mol. The Labute approximate surface area is 115 Å². The van der Waals surface area contributed by atoms with E-state index in [0.717, 1.165) is 12.8 Å².